The minimum absolute atomic E-state index is 0.117. The van der Waals surface area contributed by atoms with Crippen LogP contribution in [0.1, 0.15) is 37.0 Å². The first-order valence-electron chi connectivity index (χ1n) is 12.3. The highest BCUT2D eigenvalue weighted by Gasteiger charge is 2.20. The molecule has 0 spiro atoms. The maximum Gasteiger partial charge on any atom is 0.161 e. The molecule has 1 unspecified atom stereocenters. The zero-order valence-electron chi connectivity index (χ0n) is 21.9. The SMILES string of the molecule is COc1ccc(CN(CCc2cc(OC)c(OC)cc2Br)C(C#Cc2ccccc2)CC(C)C)cc1. The highest BCUT2D eigenvalue weighted by Crippen LogP contribution is 2.33. The smallest absolute Gasteiger partial charge is 0.161 e. The molecule has 0 aromatic heterocycles. The predicted octanol–water partition coefficient (Wildman–Crippen LogP) is 6.99. The summed E-state index contributed by atoms with van der Waals surface area (Å²) < 4.78 is 17.4. The molecule has 0 aliphatic rings. The van der Waals surface area contributed by atoms with Crippen molar-refractivity contribution in [3.8, 4) is 29.1 Å². The van der Waals surface area contributed by atoms with E-state index in [9.17, 15) is 0 Å². The van der Waals surface area contributed by atoms with E-state index in [1.807, 2.05) is 36.4 Å². The van der Waals surface area contributed by atoms with Crippen molar-refractivity contribution in [2.75, 3.05) is 27.9 Å². The third kappa shape index (κ3) is 8.05. The van der Waals surface area contributed by atoms with Gasteiger partial charge in [0.25, 0.3) is 0 Å². The van der Waals surface area contributed by atoms with Gasteiger partial charge in [0.2, 0.25) is 0 Å². The van der Waals surface area contributed by atoms with Crippen molar-refractivity contribution in [2.45, 2.75) is 39.3 Å². The molecular weight excluding hydrogens is 514 g/mol. The summed E-state index contributed by atoms with van der Waals surface area (Å²) in [6.07, 6.45) is 1.84. The van der Waals surface area contributed by atoms with Crippen LogP contribution in [-0.2, 0) is 13.0 Å². The molecule has 5 heteroatoms. The van der Waals surface area contributed by atoms with Crippen molar-refractivity contribution in [1.29, 1.82) is 0 Å². The monoisotopic (exact) mass is 549 g/mol. The Morgan fingerprint density at radius 1 is 0.861 bits per heavy atom. The van der Waals surface area contributed by atoms with Gasteiger partial charge in [-0.05, 0) is 66.3 Å². The van der Waals surface area contributed by atoms with Gasteiger partial charge in [-0.1, -0.05) is 72.0 Å². The second kappa shape index (κ2) is 14.0. The maximum atomic E-state index is 5.55. The average molecular weight is 551 g/mol. The Balaban J connectivity index is 1.91. The Morgan fingerprint density at radius 2 is 1.53 bits per heavy atom. The third-order valence-electron chi connectivity index (χ3n) is 6.06. The molecule has 4 nitrogen and oxygen atoms in total. The minimum atomic E-state index is 0.117. The van der Waals surface area contributed by atoms with E-state index in [-0.39, 0.29) is 6.04 Å². The lowest BCUT2D eigenvalue weighted by Gasteiger charge is -2.30. The fraction of sp³-hybridized carbons (Fsp3) is 0.355. The van der Waals surface area contributed by atoms with Crippen molar-refractivity contribution in [1.82, 2.24) is 4.90 Å². The molecule has 0 saturated heterocycles. The molecule has 0 aliphatic heterocycles. The molecular formula is C31H36BrNO3. The second-order valence-electron chi connectivity index (χ2n) is 9.15. The van der Waals surface area contributed by atoms with Gasteiger partial charge < -0.3 is 14.2 Å². The van der Waals surface area contributed by atoms with E-state index in [0.717, 1.165) is 53.2 Å². The first kappa shape index (κ1) is 27.6. The van der Waals surface area contributed by atoms with Gasteiger partial charge in [-0.2, -0.15) is 0 Å². The van der Waals surface area contributed by atoms with Gasteiger partial charge in [0.1, 0.15) is 5.75 Å². The summed E-state index contributed by atoms with van der Waals surface area (Å²) in [5, 5.41) is 0. The Bertz CT molecular complexity index is 1150. The van der Waals surface area contributed by atoms with E-state index in [1.165, 1.54) is 11.1 Å². The number of halogens is 1. The summed E-state index contributed by atoms with van der Waals surface area (Å²) in [6, 6.07) is 22.7. The molecule has 0 radical (unpaired) electrons. The Morgan fingerprint density at radius 3 is 2.14 bits per heavy atom. The van der Waals surface area contributed by atoms with Gasteiger partial charge in [0.05, 0.1) is 27.4 Å². The fourth-order valence-electron chi connectivity index (χ4n) is 4.10. The van der Waals surface area contributed by atoms with Gasteiger partial charge in [-0.25, -0.2) is 0 Å². The lowest BCUT2D eigenvalue weighted by molar-refractivity contribution is 0.206. The summed E-state index contributed by atoms with van der Waals surface area (Å²) >= 11 is 3.73. The first-order valence-corrected chi connectivity index (χ1v) is 13.1. The third-order valence-corrected chi connectivity index (χ3v) is 6.80. The van der Waals surface area contributed by atoms with Gasteiger partial charge >= 0.3 is 0 Å². The Kier molecular flexibility index (Phi) is 10.7. The van der Waals surface area contributed by atoms with E-state index in [2.05, 4.69) is 76.9 Å². The number of nitrogens with zero attached hydrogens (tertiary/aromatic N) is 1. The van der Waals surface area contributed by atoms with Gasteiger partial charge in [0.15, 0.2) is 11.5 Å². The first-order chi connectivity index (χ1) is 17.4. The molecule has 3 aromatic rings. The van der Waals surface area contributed by atoms with Crippen LogP contribution in [0.2, 0.25) is 0 Å². The van der Waals surface area contributed by atoms with Crippen LogP contribution in [0, 0.1) is 17.8 Å². The molecule has 0 aliphatic carbocycles. The summed E-state index contributed by atoms with van der Waals surface area (Å²) in [6.45, 7) is 6.16. The normalized spacial score (nSPS) is 11.7. The van der Waals surface area contributed by atoms with Crippen LogP contribution in [0.3, 0.4) is 0 Å². The molecule has 190 valence electrons. The molecule has 3 rings (SSSR count). The van der Waals surface area contributed by atoms with Crippen molar-refractivity contribution in [3.63, 3.8) is 0 Å². The van der Waals surface area contributed by atoms with Crippen LogP contribution < -0.4 is 14.2 Å². The van der Waals surface area contributed by atoms with Gasteiger partial charge in [0, 0.05) is 23.1 Å². The van der Waals surface area contributed by atoms with Gasteiger partial charge in [-0.15, -0.1) is 0 Å². The zero-order valence-corrected chi connectivity index (χ0v) is 23.5. The summed E-state index contributed by atoms with van der Waals surface area (Å²) in [5.41, 5.74) is 3.45. The molecule has 0 bridgehead atoms. The van der Waals surface area contributed by atoms with E-state index < -0.39 is 0 Å². The molecule has 3 aromatic carbocycles. The summed E-state index contributed by atoms with van der Waals surface area (Å²) in [4.78, 5) is 2.49. The molecule has 0 fully saturated rings. The van der Waals surface area contributed by atoms with Gasteiger partial charge in [-0.3, -0.25) is 4.90 Å². The Labute approximate surface area is 224 Å². The highest BCUT2D eigenvalue weighted by atomic mass is 79.9. The molecule has 0 amide bonds. The number of hydrogen-bond donors (Lipinski definition) is 0. The second-order valence-corrected chi connectivity index (χ2v) is 10.0. The van der Waals surface area contributed by atoms with E-state index in [0.29, 0.717) is 5.92 Å². The summed E-state index contributed by atoms with van der Waals surface area (Å²) in [5.74, 6) is 9.85. The number of ether oxygens (including phenoxy) is 3. The number of rotatable bonds is 11. The number of hydrogen-bond acceptors (Lipinski definition) is 4. The van der Waals surface area contributed by atoms with E-state index >= 15 is 0 Å². The maximum absolute atomic E-state index is 5.55. The van der Waals surface area contributed by atoms with E-state index in [1.54, 1.807) is 21.3 Å². The zero-order chi connectivity index (χ0) is 25.9. The van der Waals surface area contributed by atoms with Crippen molar-refractivity contribution in [3.05, 3.63) is 87.9 Å². The van der Waals surface area contributed by atoms with Crippen LogP contribution in [0.5, 0.6) is 17.2 Å². The number of benzene rings is 3. The highest BCUT2D eigenvalue weighted by molar-refractivity contribution is 9.10. The topological polar surface area (TPSA) is 30.9 Å². The van der Waals surface area contributed by atoms with Crippen LogP contribution >= 0.6 is 15.9 Å². The number of methoxy groups -OCH3 is 3. The largest absolute Gasteiger partial charge is 0.497 e. The van der Waals surface area contributed by atoms with Crippen LogP contribution in [0.4, 0.5) is 0 Å². The molecule has 0 saturated carbocycles. The average Bonchev–Trinajstić information content (AvgIpc) is 2.90. The lowest BCUT2D eigenvalue weighted by Crippen LogP contribution is -2.36. The van der Waals surface area contributed by atoms with Crippen LogP contribution in [-0.4, -0.2) is 38.8 Å². The van der Waals surface area contributed by atoms with Crippen LogP contribution in [0.25, 0.3) is 0 Å². The fourth-order valence-corrected chi connectivity index (χ4v) is 4.62. The minimum Gasteiger partial charge on any atom is -0.497 e. The molecule has 0 N–H and O–H groups in total. The van der Waals surface area contributed by atoms with E-state index in [4.69, 9.17) is 14.2 Å². The van der Waals surface area contributed by atoms with Crippen molar-refractivity contribution < 1.29 is 14.2 Å². The molecule has 36 heavy (non-hydrogen) atoms. The Hall–Kier alpha value is -2.94. The standard InChI is InChI=1S/C31H36BrNO3/c1-23(2)19-27(14-11-24-9-7-6-8-10-24)33(22-25-12-15-28(34-3)16-13-25)18-17-26-20-30(35-4)31(36-5)21-29(26)32/h6-10,12-13,15-16,20-21,23,27H,17-19,22H2,1-5H3. The van der Waals surface area contributed by atoms with Crippen molar-refractivity contribution in [2.24, 2.45) is 5.92 Å². The molecule has 0 heterocycles. The van der Waals surface area contributed by atoms with Crippen LogP contribution in [0.15, 0.2) is 71.2 Å². The summed E-state index contributed by atoms with van der Waals surface area (Å²) in [7, 11) is 5.02. The van der Waals surface area contributed by atoms with Crippen molar-refractivity contribution >= 4 is 15.9 Å². The predicted molar refractivity (Wildman–Crippen MR) is 151 cm³/mol. The quantitative estimate of drug-likeness (QED) is 0.241. The lowest BCUT2D eigenvalue weighted by atomic mass is 10.0. The molecule has 1 atom stereocenters.